The molecule has 82 valence electrons. The molecule has 0 unspecified atom stereocenters. The Bertz CT molecular complexity index is 544. The van der Waals surface area contributed by atoms with Crippen molar-refractivity contribution in [3.8, 4) is 11.1 Å². The molecular weight excluding hydrogens is 202 g/mol. The summed E-state index contributed by atoms with van der Waals surface area (Å²) in [5.74, 6) is 0.269. The number of anilines is 1. The third-order valence-electron chi connectivity index (χ3n) is 2.49. The second-order valence-electron chi connectivity index (χ2n) is 3.79. The van der Waals surface area contributed by atoms with Gasteiger partial charge < -0.3 is 10.7 Å². The van der Waals surface area contributed by atoms with Crippen LogP contribution in [0.3, 0.4) is 0 Å². The van der Waals surface area contributed by atoms with Crippen molar-refractivity contribution in [1.29, 1.82) is 0 Å². The Morgan fingerprint density at radius 3 is 2.38 bits per heavy atom. The van der Waals surface area contributed by atoms with E-state index in [9.17, 15) is 4.79 Å². The molecule has 2 rings (SSSR count). The van der Waals surface area contributed by atoms with Crippen LogP contribution in [0.5, 0.6) is 0 Å². The quantitative estimate of drug-likeness (QED) is 0.759. The van der Waals surface area contributed by atoms with Gasteiger partial charge in [-0.25, -0.2) is 4.79 Å². The van der Waals surface area contributed by atoms with Gasteiger partial charge in [-0.3, -0.25) is 0 Å². The highest BCUT2D eigenvalue weighted by molar-refractivity contribution is 5.75. The van der Waals surface area contributed by atoms with E-state index in [1.165, 1.54) is 5.56 Å². The average Bonchev–Trinajstić information content (AvgIpc) is 2.19. The van der Waals surface area contributed by atoms with Gasteiger partial charge in [-0.1, -0.05) is 29.8 Å². The first-order valence-corrected chi connectivity index (χ1v) is 5.01. The summed E-state index contributed by atoms with van der Waals surface area (Å²) in [5, 5.41) is 0. The van der Waals surface area contributed by atoms with E-state index in [-0.39, 0.29) is 5.82 Å². The van der Waals surface area contributed by atoms with Gasteiger partial charge in [-0.05, 0) is 19.4 Å². The van der Waals surface area contributed by atoms with E-state index in [1.807, 2.05) is 38.1 Å². The van der Waals surface area contributed by atoms with Crippen LogP contribution < -0.4 is 11.4 Å². The molecule has 0 fully saturated rings. The van der Waals surface area contributed by atoms with Crippen molar-refractivity contribution >= 4 is 5.82 Å². The number of aryl methyl sites for hydroxylation is 2. The van der Waals surface area contributed by atoms with Gasteiger partial charge in [0.25, 0.3) is 0 Å². The van der Waals surface area contributed by atoms with Crippen LogP contribution >= 0.6 is 0 Å². The van der Waals surface area contributed by atoms with Gasteiger partial charge in [0.05, 0.1) is 0 Å². The number of nitrogens with two attached hydrogens (primary N) is 1. The zero-order valence-corrected chi connectivity index (χ0v) is 9.24. The molecule has 4 heteroatoms. The van der Waals surface area contributed by atoms with E-state index in [0.717, 1.165) is 16.8 Å². The Labute approximate surface area is 93.2 Å². The third-order valence-corrected chi connectivity index (χ3v) is 2.49. The molecule has 0 aliphatic heterocycles. The van der Waals surface area contributed by atoms with E-state index < -0.39 is 5.69 Å². The first-order chi connectivity index (χ1) is 7.58. The molecule has 0 spiro atoms. The maximum atomic E-state index is 11.1. The molecule has 0 saturated carbocycles. The minimum absolute atomic E-state index is 0.269. The number of nitrogens with zero attached hydrogens (tertiary/aromatic N) is 1. The number of hydrogen-bond acceptors (Lipinski definition) is 3. The van der Waals surface area contributed by atoms with E-state index in [4.69, 9.17) is 5.73 Å². The minimum Gasteiger partial charge on any atom is -0.383 e. The summed E-state index contributed by atoms with van der Waals surface area (Å²) in [5.41, 5.74) is 9.02. The fourth-order valence-electron chi connectivity index (χ4n) is 1.69. The fourth-order valence-corrected chi connectivity index (χ4v) is 1.69. The van der Waals surface area contributed by atoms with Crippen molar-refractivity contribution in [3.05, 3.63) is 46.0 Å². The summed E-state index contributed by atoms with van der Waals surface area (Å²) in [6.07, 6.45) is 0. The zero-order valence-electron chi connectivity index (χ0n) is 9.24. The topological polar surface area (TPSA) is 71.8 Å². The van der Waals surface area contributed by atoms with E-state index >= 15 is 0 Å². The van der Waals surface area contributed by atoms with E-state index in [0.29, 0.717) is 0 Å². The summed E-state index contributed by atoms with van der Waals surface area (Å²) < 4.78 is 0. The van der Waals surface area contributed by atoms with Crippen LogP contribution in [0.4, 0.5) is 5.82 Å². The van der Waals surface area contributed by atoms with Crippen LogP contribution in [0.2, 0.25) is 0 Å². The Kier molecular flexibility index (Phi) is 2.48. The number of aromatic amines is 1. The molecule has 0 radical (unpaired) electrons. The lowest BCUT2D eigenvalue weighted by Gasteiger charge is -2.08. The first-order valence-electron chi connectivity index (χ1n) is 5.01. The predicted octanol–water partition coefficient (Wildman–Crippen LogP) is 1.64. The first kappa shape index (κ1) is 10.4. The second-order valence-corrected chi connectivity index (χ2v) is 3.79. The monoisotopic (exact) mass is 215 g/mol. The van der Waals surface area contributed by atoms with Crippen LogP contribution in [0.1, 0.15) is 11.3 Å². The van der Waals surface area contributed by atoms with Gasteiger partial charge in [0.15, 0.2) is 0 Å². The minimum atomic E-state index is -0.411. The number of rotatable bonds is 1. The molecule has 4 nitrogen and oxygen atoms in total. The van der Waals surface area contributed by atoms with Crippen LogP contribution in [-0.2, 0) is 0 Å². The highest BCUT2D eigenvalue weighted by atomic mass is 16.1. The number of benzene rings is 1. The second kappa shape index (κ2) is 3.81. The highest BCUT2D eigenvalue weighted by Gasteiger charge is 2.08. The molecule has 16 heavy (non-hydrogen) atoms. The molecule has 1 heterocycles. The maximum Gasteiger partial charge on any atom is 0.347 e. The number of hydrogen-bond donors (Lipinski definition) is 2. The zero-order chi connectivity index (χ0) is 11.7. The van der Waals surface area contributed by atoms with Crippen molar-refractivity contribution in [3.63, 3.8) is 0 Å². The SMILES string of the molecule is Cc1ccc(-c2c(N)nc(=O)[nH]c2C)cc1. The lowest BCUT2D eigenvalue weighted by Crippen LogP contribution is -2.15. The predicted molar refractivity (Wildman–Crippen MR) is 64.2 cm³/mol. The summed E-state index contributed by atoms with van der Waals surface area (Å²) in [7, 11) is 0. The van der Waals surface area contributed by atoms with Crippen molar-refractivity contribution in [2.45, 2.75) is 13.8 Å². The molecule has 2 aromatic rings. The van der Waals surface area contributed by atoms with Gasteiger partial charge in [0.2, 0.25) is 0 Å². The number of aromatic nitrogens is 2. The fraction of sp³-hybridized carbons (Fsp3) is 0.167. The number of nitrogen functional groups attached to an aromatic ring is 1. The Morgan fingerprint density at radius 2 is 1.81 bits per heavy atom. The van der Waals surface area contributed by atoms with Gasteiger partial charge in [-0.15, -0.1) is 0 Å². The van der Waals surface area contributed by atoms with Gasteiger partial charge in [-0.2, -0.15) is 4.98 Å². The maximum absolute atomic E-state index is 11.1. The van der Waals surface area contributed by atoms with Crippen LogP contribution in [0, 0.1) is 13.8 Å². The van der Waals surface area contributed by atoms with Crippen LogP contribution in [-0.4, -0.2) is 9.97 Å². The summed E-state index contributed by atoms with van der Waals surface area (Å²) in [6, 6.07) is 7.93. The van der Waals surface area contributed by atoms with Crippen LogP contribution in [0.25, 0.3) is 11.1 Å². The molecule has 0 saturated heterocycles. The van der Waals surface area contributed by atoms with Gasteiger partial charge >= 0.3 is 5.69 Å². The van der Waals surface area contributed by atoms with Crippen molar-refractivity contribution in [2.75, 3.05) is 5.73 Å². The Morgan fingerprint density at radius 1 is 1.19 bits per heavy atom. The van der Waals surface area contributed by atoms with Crippen molar-refractivity contribution in [2.24, 2.45) is 0 Å². The largest absolute Gasteiger partial charge is 0.383 e. The molecule has 0 amide bonds. The molecule has 3 N–H and O–H groups in total. The number of nitrogens with one attached hydrogen (secondary N) is 1. The van der Waals surface area contributed by atoms with Crippen molar-refractivity contribution < 1.29 is 0 Å². The molecule has 0 bridgehead atoms. The molecular formula is C12H13N3O. The normalized spacial score (nSPS) is 10.4. The molecule has 1 aromatic heterocycles. The third kappa shape index (κ3) is 1.82. The molecule has 0 aliphatic carbocycles. The van der Waals surface area contributed by atoms with Crippen molar-refractivity contribution in [1.82, 2.24) is 9.97 Å². The standard InChI is InChI=1S/C12H13N3O/c1-7-3-5-9(6-4-7)10-8(2)14-12(16)15-11(10)13/h3-6H,1-2H3,(H3,13,14,15,16). The van der Waals surface area contributed by atoms with Gasteiger partial charge in [0, 0.05) is 11.3 Å². The highest BCUT2D eigenvalue weighted by Crippen LogP contribution is 2.25. The Hall–Kier alpha value is -2.10. The molecule has 1 aromatic carbocycles. The van der Waals surface area contributed by atoms with Gasteiger partial charge in [0.1, 0.15) is 5.82 Å². The lowest BCUT2D eigenvalue weighted by molar-refractivity contribution is 1.04. The van der Waals surface area contributed by atoms with E-state index in [2.05, 4.69) is 9.97 Å². The smallest absolute Gasteiger partial charge is 0.347 e. The number of H-pyrrole nitrogens is 1. The summed E-state index contributed by atoms with van der Waals surface area (Å²) in [4.78, 5) is 17.4. The Balaban J connectivity index is 2.64. The average molecular weight is 215 g/mol. The van der Waals surface area contributed by atoms with E-state index in [1.54, 1.807) is 0 Å². The van der Waals surface area contributed by atoms with Crippen LogP contribution in [0.15, 0.2) is 29.1 Å². The summed E-state index contributed by atoms with van der Waals surface area (Å²) in [6.45, 7) is 3.83. The molecule has 0 aliphatic rings. The molecule has 0 atom stereocenters. The lowest BCUT2D eigenvalue weighted by atomic mass is 10.0. The summed E-state index contributed by atoms with van der Waals surface area (Å²) >= 11 is 0.